The van der Waals surface area contributed by atoms with Crippen LogP contribution in [0.25, 0.3) is 0 Å². The van der Waals surface area contributed by atoms with Gasteiger partial charge in [-0.1, -0.05) is 29.8 Å². The number of hydrogen-bond acceptors (Lipinski definition) is 2. The van der Waals surface area contributed by atoms with Crippen LogP contribution in [0.15, 0.2) is 24.3 Å². The quantitative estimate of drug-likeness (QED) is 0.680. The number of benzene rings is 1. The first-order valence-electron chi connectivity index (χ1n) is 4.65. The first-order valence-corrected chi connectivity index (χ1v) is 4.65. The predicted octanol–water partition coefficient (Wildman–Crippen LogP) is 2.12. The van der Waals surface area contributed by atoms with E-state index in [-0.39, 0.29) is 12.2 Å². The summed E-state index contributed by atoms with van der Waals surface area (Å²) in [6, 6.07) is 8.07. The molecular formula is C11H13NO2. The van der Waals surface area contributed by atoms with Crippen LogP contribution in [-0.2, 0) is 4.74 Å². The Kier molecular flexibility index (Phi) is 2.15. The molecule has 1 unspecified atom stereocenters. The van der Waals surface area contributed by atoms with Gasteiger partial charge < -0.3 is 9.64 Å². The van der Waals surface area contributed by atoms with Crippen LogP contribution in [0.3, 0.4) is 0 Å². The largest absolute Gasteiger partial charge is 0.439 e. The van der Waals surface area contributed by atoms with E-state index in [4.69, 9.17) is 4.74 Å². The molecule has 74 valence electrons. The summed E-state index contributed by atoms with van der Waals surface area (Å²) in [7, 11) is 1.75. The van der Waals surface area contributed by atoms with Gasteiger partial charge in [-0.2, -0.15) is 0 Å². The van der Waals surface area contributed by atoms with Gasteiger partial charge in [-0.3, -0.25) is 0 Å². The van der Waals surface area contributed by atoms with E-state index >= 15 is 0 Å². The van der Waals surface area contributed by atoms with Crippen LogP contribution in [0.5, 0.6) is 0 Å². The Hall–Kier alpha value is -1.51. The average Bonchev–Trinajstić information content (AvgIpc) is 2.48. The van der Waals surface area contributed by atoms with Crippen molar-refractivity contribution in [3.05, 3.63) is 35.4 Å². The molecule has 0 N–H and O–H groups in total. The zero-order chi connectivity index (χ0) is 10.1. The summed E-state index contributed by atoms with van der Waals surface area (Å²) in [4.78, 5) is 12.7. The van der Waals surface area contributed by atoms with Crippen LogP contribution in [-0.4, -0.2) is 24.6 Å². The maximum absolute atomic E-state index is 11.1. The van der Waals surface area contributed by atoms with E-state index in [1.807, 2.05) is 31.2 Å². The van der Waals surface area contributed by atoms with Gasteiger partial charge in [-0.25, -0.2) is 4.79 Å². The second kappa shape index (κ2) is 3.33. The van der Waals surface area contributed by atoms with E-state index in [1.54, 1.807) is 11.9 Å². The Morgan fingerprint density at radius 3 is 2.50 bits per heavy atom. The number of ether oxygens (including phenoxy) is 1. The van der Waals surface area contributed by atoms with Gasteiger partial charge >= 0.3 is 6.09 Å². The molecule has 0 bridgehead atoms. The molecule has 1 saturated heterocycles. The number of cyclic esters (lactones) is 1. The van der Waals surface area contributed by atoms with E-state index in [9.17, 15) is 4.79 Å². The SMILES string of the molecule is Cc1ccc(C2CN(C)C(=O)O2)cc1. The van der Waals surface area contributed by atoms with E-state index in [2.05, 4.69) is 0 Å². The molecule has 1 fully saturated rings. The summed E-state index contributed by atoms with van der Waals surface area (Å²) in [6.07, 6.45) is -0.344. The summed E-state index contributed by atoms with van der Waals surface area (Å²) in [5.74, 6) is 0. The number of aryl methyl sites for hydroxylation is 1. The van der Waals surface area contributed by atoms with Gasteiger partial charge in [0.2, 0.25) is 0 Å². The molecule has 1 amide bonds. The van der Waals surface area contributed by atoms with E-state index in [1.165, 1.54) is 5.56 Å². The van der Waals surface area contributed by atoms with Crippen LogP contribution in [0.2, 0.25) is 0 Å². The summed E-state index contributed by atoms with van der Waals surface area (Å²) in [5.41, 5.74) is 2.28. The highest BCUT2D eigenvalue weighted by atomic mass is 16.6. The van der Waals surface area contributed by atoms with Crippen LogP contribution >= 0.6 is 0 Å². The van der Waals surface area contributed by atoms with Crippen molar-refractivity contribution in [3.8, 4) is 0 Å². The van der Waals surface area contributed by atoms with Crippen molar-refractivity contribution in [2.45, 2.75) is 13.0 Å². The number of rotatable bonds is 1. The molecule has 1 aliphatic heterocycles. The average molecular weight is 191 g/mol. The lowest BCUT2D eigenvalue weighted by Crippen LogP contribution is -2.17. The fourth-order valence-corrected chi connectivity index (χ4v) is 1.53. The van der Waals surface area contributed by atoms with Gasteiger partial charge in [0, 0.05) is 7.05 Å². The van der Waals surface area contributed by atoms with Crippen molar-refractivity contribution in [1.29, 1.82) is 0 Å². The Balaban J connectivity index is 2.17. The molecule has 14 heavy (non-hydrogen) atoms. The molecule has 3 heteroatoms. The lowest BCUT2D eigenvalue weighted by molar-refractivity contribution is 0.135. The molecular weight excluding hydrogens is 178 g/mol. The molecule has 1 aromatic rings. The minimum absolute atomic E-state index is 0.104. The van der Waals surface area contributed by atoms with Gasteiger partial charge in [0.25, 0.3) is 0 Å². The van der Waals surface area contributed by atoms with E-state index < -0.39 is 0 Å². The standard InChI is InChI=1S/C11H13NO2/c1-8-3-5-9(6-4-8)10-7-12(2)11(13)14-10/h3-6,10H,7H2,1-2H3. The number of hydrogen-bond donors (Lipinski definition) is 0. The topological polar surface area (TPSA) is 29.5 Å². The zero-order valence-electron chi connectivity index (χ0n) is 8.36. The smallest absolute Gasteiger partial charge is 0.410 e. The molecule has 1 aliphatic rings. The third-order valence-corrected chi connectivity index (χ3v) is 2.44. The van der Waals surface area contributed by atoms with E-state index in [0.29, 0.717) is 6.54 Å². The Bertz CT molecular complexity index is 345. The first-order chi connectivity index (χ1) is 6.66. The van der Waals surface area contributed by atoms with Gasteiger partial charge in [0.05, 0.1) is 6.54 Å². The lowest BCUT2D eigenvalue weighted by Gasteiger charge is -2.07. The highest BCUT2D eigenvalue weighted by Gasteiger charge is 2.29. The minimum atomic E-state index is -0.240. The summed E-state index contributed by atoms with van der Waals surface area (Å²) >= 11 is 0. The van der Waals surface area contributed by atoms with Crippen LogP contribution in [0.1, 0.15) is 17.2 Å². The van der Waals surface area contributed by atoms with Crippen LogP contribution in [0, 0.1) is 6.92 Å². The molecule has 1 heterocycles. The zero-order valence-corrected chi connectivity index (χ0v) is 8.36. The molecule has 3 nitrogen and oxygen atoms in total. The van der Waals surface area contributed by atoms with Gasteiger partial charge in [-0.05, 0) is 12.5 Å². The van der Waals surface area contributed by atoms with Crippen molar-refractivity contribution >= 4 is 6.09 Å². The van der Waals surface area contributed by atoms with Crippen LogP contribution < -0.4 is 0 Å². The van der Waals surface area contributed by atoms with Crippen molar-refractivity contribution < 1.29 is 9.53 Å². The molecule has 2 rings (SSSR count). The molecule has 1 atom stereocenters. The maximum Gasteiger partial charge on any atom is 0.410 e. The Morgan fingerprint density at radius 1 is 1.36 bits per heavy atom. The fraction of sp³-hybridized carbons (Fsp3) is 0.364. The number of carbonyl (C=O) groups is 1. The Labute approximate surface area is 83.3 Å². The number of nitrogens with zero attached hydrogens (tertiary/aromatic N) is 1. The van der Waals surface area contributed by atoms with Gasteiger partial charge in [0.15, 0.2) is 0 Å². The van der Waals surface area contributed by atoms with Gasteiger partial charge in [-0.15, -0.1) is 0 Å². The fourth-order valence-electron chi connectivity index (χ4n) is 1.53. The molecule has 0 radical (unpaired) electrons. The van der Waals surface area contributed by atoms with Crippen molar-refractivity contribution in [1.82, 2.24) is 4.90 Å². The summed E-state index contributed by atoms with van der Waals surface area (Å²) in [6.45, 7) is 2.68. The highest BCUT2D eigenvalue weighted by molar-refractivity contribution is 5.69. The van der Waals surface area contributed by atoms with Crippen molar-refractivity contribution in [3.63, 3.8) is 0 Å². The number of amides is 1. The number of carbonyl (C=O) groups excluding carboxylic acids is 1. The normalized spacial score (nSPS) is 21.1. The van der Waals surface area contributed by atoms with Crippen molar-refractivity contribution in [2.75, 3.05) is 13.6 Å². The Morgan fingerprint density at radius 2 is 2.00 bits per heavy atom. The van der Waals surface area contributed by atoms with Gasteiger partial charge in [0.1, 0.15) is 6.10 Å². The predicted molar refractivity (Wildman–Crippen MR) is 53.0 cm³/mol. The minimum Gasteiger partial charge on any atom is -0.439 e. The number of likely N-dealkylation sites (N-methyl/N-ethyl adjacent to an activating group) is 1. The second-order valence-corrected chi connectivity index (χ2v) is 3.66. The molecule has 0 spiro atoms. The molecule has 0 aliphatic carbocycles. The summed E-state index contributed by atoms with van der Waals surface area (Å²) in [5, 5.41) is 0. The maximum atomic E-state index is 11.1. The van der Waals surface area contributed by atoms with Crippen LogP contribution in [0.4, 0.5) is 4.79 Å². The van der Waals surface area contributed by atoms with E-state index in [0.717, 1.165) is 5.56 Å². The molecule has 1 aromatic carbocycles. The highest BCUT2D eigenvalue weighted by Crippen LogP contribution is 2.24. The first kappa shape index (κ1) is 9.06. The monoisotopic (exact) mass is 191 g/mol. The van der Waals surface area contributed by atoms with Crippen molar-refractivity contribution in [2.24, 2.45) is 0 Å². The molecule has 0 aromatic heterocycles. The lowest BCUT2D eigenvalue weighted by atomic mass is 10.1. The summed E-state index contributed by atoms with van der Waals surface area (Å²) < 4.78 is 5.19. The molecule has 0 saturated carbocycles. The third-order valence-electron chi connectivity index (χ3n) is 2.44. The third kappa shape index (κ3) is 1.58. The second-order valence-electron chi connectivity index (χ2n) is 3.66.